The number of hydrogen-bond donors (Lipinski definition) is 0. The first-order valence-corrected chi connectivity index (χ1v) is 8.92. The Hall–Kier alpha value is -2.68. The monoisotopic (exact) mass is 335 g/mol. The number of nitriles is 1. The molecule has 4 rings (SSSR count). The molecule has 2 aromatic rings. The average Bonchev–Trinajstić information content (AvgIpc) is 3.49. The molecule has 0 unspecified atom stereocenters. The smallest absolute Gasteiger partial charge is 0.266 e. The molecule has 0 N–H and O–H groups in total. The Balaban J connectivity index is 1.42. The Morgan fingerprint density at radius 1 is 1.16 bits per heavy atom. The molecule has 0 aromatic carbocycles. The van der Waals surface area contributed by atoms with Gasteiger partial charge in [0, 0.05) is 37.8 Å². The first-order chi connectivity index (χ1) is 12.2. The molecule has 0 spiro atoms. The second-order valence-corrected chi connectivity index (χ2v) is 6.97. The van der Waals surface area contributed by atoms with Gasteiger partial charge in [0.2, 0.25) is 0 Å². The van der Waals surface area contributed by atoms with Gasteiger partial charge in [-0.25, -0.2) is 9.67 Å². The summed E-state index contributed by atoms with van der Waals surface area (Å²) < 4.78 is 1.65. The maximum atomic E-state index is 12.1. The van der Waals surface area contributed by atoms with Gasteiger partial charge in [0.15, 0.2) is 0 Å². The predicted octanol–water partition coefficient (Wildman–Crippen LogP) is 2.30. The van der Waals surface area contributed by atoms with Gasteiger partial charge in [-0.15, -0.1) is 0 Å². The number of nitrogens with zero attached hydrogens (tertiary/aromatic N) is 5. The molecule has 1 saturated carbocycles. The van der Waals surface area contributed by atoms with Gasteiger partial charge in [0.25, 0.3) is 5.56 Å². The van der Waals surface area contributed by atoms with Crippen molar-refractivity contribution in [2.45, 2.75) is 38.1 Å². The minimum absolute atomic E-state index is 0.0108. The van der Waals surface area contributed by atoms with Crippen molar-refractivity contribution >= 4 is 5.82 Å². The fourth-order valence-electron chi connectivity index (χ4n) is 3.50. The van der Waals surface area contributed by atoms with E-state index in [2.05, 4.69) is 21.1 Å². The van der Waals surface area contributed by atoms with Crippen molar-refractivity contribution in [1.29, 1.82) is 5.26 Å². The van der Waals surface area contributed by atoms with E-state index >= 15 is 0 Å². The van der Waals surface area contributed by atoms with Crippen LogP contribution >= 0.6 is 0 Å². The van der Waals surface area contributed by atoms with Gasteiger partial charge < -0.3 is 4.90 Å². The van der Waals surface area contributed by atoms with Crippen molar-refractivity contribution < 1.29 is 0 Å². The van der Waals surface area contributed by atoms with Crippen molar-refractivity contribution in [3.8, 4) is 6.07 Å². The van der Waals surface area contributed by atoms with Gasteiger partial charge >= 0.3 is 0 Å². The molecule has 0 atom stereocenters. The third kappa shape index (κ3) is 3.41. The molecule has 25 heavy (non-hydrogen) atoms. The molecular formula is C19H21N5O. The first-order valence-electron chi connectivity index (χ1n) is 8.92. The van der Waals surface area contributed by atoms with Crippen LogP contribution in [-0.4, -0.2) is 27.9 Å². The zero-order valence-electron chi connectivity index (χ0n) is 14.1. The number of hydrogen-bond acceptors (Lipinski definition) is 5. The summed E-state index contributed by atoms with van der Waals surface area (Å²) in [6.45, 7) is 2.39. The molecule has 2 aliphatic rings. The summed E-state index contributed by atoms with van der Waals surface area (Å²) in [5.41, 5.74) is 1.67. The van der Waals surface area contributed by atoms with Gasteiger partial charge in [0.05, 0.1) is 11.3 Å². The lowest BCUT2D eigenvalue weighted by Gasteiger charge is -2.33. The van der Waals surface area contributed by atoms with Crippen LogP contribution in [0.25, 0.3) is 0 Å². The number of aromatic nitrogens is 3. The summed E-state index contributed by atoms with van der Waals surface area (Å²) in [6, 6.07) is 9.35. The fraction of sp³-hybridized carbons (Fsp3) is 0.474. The predicted molar refractivity (Wildman–Crippen MR) is 94.4 cm³/mol. The average molecular weight is 335 g/mol. The van der Waals surface area contributed by atoms with Crippen LogP contribution in [0.1, 0.15) is 42.9 Å². The van der Waals surface area contributed by atoms with E-state index in [4.69, 9.17) is 0 Å². The third-order valence-electron chi connectivity index (χ3n) is 5.14. The summed E-state index contributed by atoms with van der Waals surface area (Å²) in [7, 11) is 0. The lowest BCUT2D eigenvalue weighted by atomic mass is 9.96. The summed E-state index contributed by atoms with van der Waals surface area (Å²) in [6.07, 6.45) is 6.06. The number of piperidine rings is 1. The topological polar surface area (TPSA) is 74.8 Å². The molecule has 6 nitrogen and oxygen atoms in total. The molecule has 1 saturated heterocycles. The van der Waals surface area contributed by atoms with E-state index in [1.165, 1.54) is 12.8 Å². The highest BCUT2D eigenvalue weighted by atomic mass is 16.1. The zero-order valence-corrected chi connectivity index (χ0v) is 14.1. The molecule has 1 aliphatic carbocycles. The summed E-state index contributed by atoms with van der Waals surface area (Å²) in [4.78, 5) is 18.6. The SMILES string of the molecule is N#Cc1cccnc1N1CCC(Cn2nc(C3CC3)ccc2=O)CC1. The van der Waals surface area contributed by atoms with Crippen molar-refractivity contribution in [2.75, 3.05) is 18.0 Å². The van der Waals surface area contributed by atoms with Gasteiger partial charge in [-0.05, 0) is 49.8 Å². The van der Waals surface area contributed by atoms with Crippen LogP contribution in [0.15, 0.2) is 35.3 Å². The van der Waals surface area contributed by atoms with Crippen LogP contribution in [-0.2, 0) is 6.54 Å². The Labute approximate surface area is 146 Å². The summed E-state index contributed by atoms with van der Waals surface area (Å²) in [5, 5.41) is 13.8. The van der Waals surface area contributed by atoms with E-state index < -0.39 is 0 Å². The van der Waals surface area contributed by atoms with E-state index in [-0.39, 0.29) is 5.56 Å². The van der Waals surface area contributed by atoms with Crippen molar-refractivity contribution in [3.05, 3.63) is 52.1 Å². The maximum Gasteiger partial charge on any atom is 0.266 e. The summed E-state index contributed by atoms with van der Waals surface area (Å²) in [5.74, 6) is 1.77. The molecule has 2 aromatic heterocycles. The Morgan fingerprint density at radius 3 is 2.68 bits per heavy atom. The molecule has 0 amide bonds. The molecule has 0 radical (unpaired) electrons. The van der Waals surface area contributed by atoms with Gasteiger partial charge in [-0.1, -0.05) is 0 Å². The van der Waals surface area contributed by atoms with Crippen LogP contribution in [0.5, 0.6) is 0 Å². The van der Waals surface area contributed by atoms with E-state index in [1.807, 2.05) is 6.07 Å². The van der Waals surface area contributed by atoms with Crippen LogP contribution in [0, 0.1) is 17.2 Å². The van der Waals surface area contributed by atoms with Crippen molar-refractivity contribution in [2.24, 2.45) is 5.92 Å². The first kappa shape index (κ1) is 15.8. The van der Waals surface area contributed by atoms with Crippen LogP contribution in [0.4, 0.5) is 5.82 Å². The van der Waals surface area contributed by atoms with Crippen LogP contribution in [0.2, 0.25) is 0 Å². The lowest BCUT2D eigenvalue weighted by molar-refractivity contribution is 0.333. The third-order valence-corrected chi connectivity index (χ3v) is 5.14. The Bertz CT molecular complexity index is 857. The van der Waals surface area contributed by atoms with Crippen molar-refractivity contribution in [3.63, 3.8) is 0 Å². The second-order valence-electron chi connectivity index (χ2n) is 6.97. The van der Waals surface area contributed by atoms with Crippen LogP contribution < -0.4 is 10.5 Å². The molecule has 0 bridgehead atoms. The van der Waals surface area contributed by atoms with E-state index in [0.717, 1.165) is 37.4 Å². The molecule has 6 heteroatoms. The number of rotatable bonds is 4. The zero-order chi connectivity index (χ0) is 17.2. The minimum Gasteiger partial charge on any atom is -0.356 e. The molecule has 1 aliphatic heterocycles. The highest BCUT2D eigenvalue weighted by Gasteiger charge is 2.26. The quantitative estimate of drug-likeness (QED) is 0.857. The number of pyridine rings is 1. The number of anilines is 1. The Kier molecular flexibility index (Phi) is 4.22. The van der Waals surface area contributed by atoms with Gasteiger partial charge in [0.1, 0.15) is 11.9 Å². The van der Waals surface area contributed by atoms with Crippen molar-refractivity contribution in [1.82, 2.24) is 14.8 Å². The van der Waals surface area contributed by atoms with Crippen LogP contribution in [0.3, 0.4) is 0 Å². The fourth-order valence-corrected chi connectivity index (χ4v) is 3.50. The maximum absolute atomic E-state index is 12.1. The van der Waals surface area contributed by atoms with E-state index in [9.17, 15) is 10.1 Å². The molecular weight excluding hydrogens is 314 g/mol. The van der Waals surface area contributed by atoms with E-state index in [0.29, 0.717) is 23.9 Å². The molecule has 128 valence electrons. The second kappa shape index (κ2) is 6.67. The molecule has 2 fully saturated rings. The summed E-state index contributed by atoms with van der Waals surface area (Å²) >= 11 is 0. The standard InChI is InChI=1S/C19H21N5O/c20-12-16-2-1-9-21-19(16)23-10-7-14(8-11-23)13-24-18(25)6-5-17(22-24)15-3-4-15/h1-2,5-6,9,14-15H,3-4,7-8,10-11,13H2. The normalized spacial score (nSPS) is 18.1. The highest BCUT2D eigenvalue weighted by Crippen LogP contribution is 2.38. The van der Waals surface area contributed by atoms with Gasteiger partial charge in [-0.2, -0.15) is 10.4 Å². The highest BCUT2D eigenvalue weighted by molar-refractivity contribution is 5.53. The minimum atomic E-state index is -0.0108. The molecule has 3 heterocycles. The van der Waals surface area contributed by atoms with E-state index in [1.54, 1.807) is 29.1 Å². The largest absolute Gasteiger partial charge is 0.356 e. The lowest BCUT2D eigenvalue weighted by Crippen LogP contribution is -2.37. The van der Waals surface area contributed by atoms with Gasteiger partial charge in [-0.3, -0.25) is 4.79 Å². The Morgan fingerprint density at radius 2 is 1.96 bits per heavy atom.